The summed E-state index contributed by atoms with van der Waals surface area (Å²) in [6.07, 6.45) is 9.82. The molecule has 1 aromatic heterocycles. The van der Waals surface area contributed by atoms with Gasteiger partial charge in [-0.1, -0.05) is 91.4 Å². The Morgan fingerprint density at radius 2 is 1.66 bits per heavy atom. The topological polar surface area (TPSA) is 94.1 Å². The molecule has 2 bridgehead atoms. The van der Waals surface area contributed by atoms with Crippen molar-refractivity contribution in [3.8, 4) is 0 Å². The number of β-amino-alcohol motifs (C(OH)–C–C–N with tert-alkyl or cyclic N) is 1. The number of rotatable bonds is 7. The fourth-order valence-electron chi connectivity index (χ4n) is 9.50. The van der Waals surface area contributed by atoms with Gasteiger partial charge in [-0.3, -0.25) is 9.69 Å². The van der Waals surface area contributed by atoms with Crippen LogP contribution < -0.4 is 0 Å². The van der Waals surface area contributed by atoms with Gasteiger partial charge in [-0.25, -0.2) is 0 Å². The molecule has 6 nitrogen and oxygen atoms in total. The van der Waals surface area contributed by atoms with E-state index in [9.17, 15) is 20.1 Å². The van der Waals surface area contributed by atoms with Gasteiger partial charge in [0.05, 0.1) is 18.0 Å². The number of aliphatic hydroxyl groups excluding tert-OH is 1. The number of ketones is 1. The van der Waals surface area contributed by atoms with Crippen LogP contribution in [0.25, 0.3) is 0 Å². The summed E-state index contributed by atoms with van der Waals surface area (Å²) in [5.41, 5.74) is 2.52. The first-order valence-electron chi connectivity index (χ1n) is 18.5. The first-order chi connectivity index (χ1) is 24.1. The predicted molar refractivity (Wildman–Crippen MR) is 196 cm³/mol. The summed E-state index contributed by atoms with van der Waals surface area (Å²) >= 11 is 0. The van der Waals surface area contributed by atoms with Gasteiger partial charge < -0.3 is 19.7 Å². The number of fused-ring (bicyclic) bond motifs is 8. The highest BCUT2D eigenvalue weighted by Gasteiger charge is 2.59. The molecule has 1 aliphatic heterocycles. The van der Waals surface area contributed by atoms with E-state index in [1.54, 1.807) is 12.1 Å². The number of hydrogen-bond donors (Lipinski definition) is 3. The summed E-state index contributed by atoms with van der Waals surface area (Å²) in [4.78, 5) is 16.4. The van der Waals surface area contributed by atoms with E-state index in [2.05, 4.69) is 37.0 Å². The lowest BCUT2D eigenvalue weighted by Gasteiger charge is -2.48. The molecule has 0 amide bonds. The number of carbonyl (C=O) groups excluding carboxylic acids is 1. The molecule has 262 valence electrons. The zero-order valence-electron chi connectivity index (χ0n) is 29.4. The van der Waals surface area contributed by atoms with Gasteiger partial charge in [0.1, 0.15) is 5.60 Å². The second kappa shape index (κ2) is 14.1. The maximum Gasteiger partial charge on any atom is 0.228 e. The molecule has 0 spiro atoms. The molecular formula is C44H51NO5. The maximum absolute atomic E-state index is 14.1. The highest BCUT2D eigenvalue weighted by Crippen LogP contribution is 2.59. The Bertz CT molecular complexity index is 1760. The molecule has 3 aliphatic carbocycles. The van der Waals surface area contributed by atoms with Crippen molar-refractivity contribution in [2.45, 2.75) is 101 Å². The number of hydrogen-bond acceptors (Lipinski definition) is 6. The Kier molecular flexibility index (Phi) is 9.75. The van der Waals surface area contributed by atoms with E-state index in [1.807, 2.05) is 66.7 Å². The second-order valence-corrected chi connectivity index (χ2v) is 15.4. The molecule has 2 fully saturated rings. The number of aliphatic hydroxyl groups is 3. The third-order valence-electron chi connectivity index (χ3n) is 12.4. The number of benzene rings is 3. The van der Waals surface area contributed by atoms with Gasteiger partial charge in [-0.2, -0.15) is 0 Å². The van der Waals surface area contributed by atoms with Gasteiger partial charge in [0.2, 0.25) is 5.78 Å². The molecule has 0 radical (unpaired) electrons. The van der Waals surface area contributed by atoms with Crippen molar-refractivity contribution in [3.05, 3.63) is 142 Å². The van der Waals surface area contributed by atoms with Crippen LogP contribution in [0.1, 0.15) is 110 Å². The molecule has 3 aromatic carbocycles. The molecule has 8 rings (SSSR count). The van der Waals surface area contributed by atoms with Crippen LogP contribution in [-0.2, 0) is 12.0 Å². The summed E-state index contributed by atoms with van der Waals surface area (Å²) in [5, 5.41) is 36.9. The molecule has 1 saturated heterocycles. The van der Waals surface area contributed by atoms with E-state index >= 15 is 0 Å². The van der Waals surface area contributed by atoms with E-state index in [1.165, 1.54) is 11.8 Å². The Hall–Kier alpha value is -3.81. The van der Waals surface area contributed by atoms with Crippen LogP contribution in [0.3, 0.4) is 0 Å². The fourth-order valence-corrected chi connectivity index (χ4v) is 9.50. The lowest BCUT2D eigenvalue weighted by molar-refractivity contribution is -0.101. The van der Waals surface area contributed by atoms with Crippen LogP contribution in [-0.4, -0.2) is 56.8 Å². The molecule has 1 saturated carbocycles. The molecule has 4 aliphatic rings. The van der Waals surface area contributed by atoms with Gasteiger partial charge in [-0.15, -0.1) is 0 Å². The molecule has 6 heteroatoms. The molecule has 0 unspecified atom stereocenters. The third-order valence-corrected chi connectivity index (χ3v) is 12.4. The highest BCUT2D eigenvalue weighted by molar-refractivity contribution is 6.08. The van der Waals surface area contributed by atoms with Crippen molar-refractivity contribution >= 4 is 5.78 Å². The Balaban J connectivity index is 1.29. The Morgan fingerprint density at radius 1 is 0.940 bits per heavy atom. The number of carbonyl (C=O) groups is 1. The minimum atomic E-state index is -1.25. The van der Waals surface area contributed by atoms with Crippen molar-refractivity contribution < 1.29 is 24.5 Å². The lowest BCUT2D eigenvalue weighted by Crippen LogP contribution is -2.57. The smallest absolute Gasteiger partial charge is 0.228 e. The van der Waals surface area contributed by atoms with E-state index in [-0.39, 0.29) is 17.7 Å². The van der Waals surface area contributed by atoms with E-state index < -0.39 is 22.7 Å². The normalized spacial score (nSPS) is 27.9. The zero-order valence-corrected chi connectivity index (χ0v) is 29.4. The van der Waals surface area contributed by atoms with Crippen LogP contribution in [0.2, 0.25) is 0 Å². The molecule has 3 N–H and O–H groups in total. The Labute approximate surface area is 296 Å². The monoisotopic (exact) mass is 673 g/mol. The fraction of sp³-hybridized carbons (Fsp3) is 0.432. The first-order valence-corrected chi connectivity index (χ1v) is 18.5. The minimum absolute atomic E-state index is 0.0831. The van der Waals surface area contributed by atoms with Crippen LogP contribution in [0, 0.1) is 5.41 Å². The number of furan rings is 1. The molecule has 4 aromatic rings. The lowest BCUT2D eigenvalue weighted by atomic mass is 9.64. The molecule has 5 atom stereocenters. The van der Waals surface area contributed by atoms with Crippen LogP contribution >= 0.6 is 0 Å². The van der Waals surface area contributed by atoms with Crippen molar-refractivity contribution in [1.29, 1.82) is 0 Å². The van der Waals surface area contributed by atoms with Crippen LogP contribution in [0.15, 0.2) is 113 Å². The summed E-state index contributed by atoms with van der Waals surface area (Å²) in [6.45, 7) is 5.58. The predicted octanol–water partition coefficient (Wildman–Crippen LogP) is 7.95. The number of likely N-dealkylation sites (tertiary alicyclic amines) is 1. The summed E-state index contributed by atoms with van der Waals surface area (Å²) in [5.74, 6) is 0.0391. The van der Waals surface area contributed by atoms with Crippen LogP contribution in [0.5, 0.6) is 0 Å². The Morgan fingerprint density at radius 3 is 2.34 bits per heavy atom. The van der Waals surface area contributed by atoms with Crippen LogP contribution in [0.4, 0.5) is 0 Å². The number of allylic oxidation sites excluding steroid dienone is 2. The summed E-state index contributed by atoms with van der Waals surface area (Å²) in [7, 11) is 0. The van der Waals surface area contributed by atoms with E-state index in [0.29, 0.717) is 37.1 Å². The largest absolute Gasteiger partial charge is 0.461 e. The van der Waals surface area contributed by atoms with Gasteiger partial charge >= 0.3 is 0 Å². The first kappa shape index (κ1) is 34.6. The molecular weight excluding hydrogens is 622 g/mol. The SMILES string of the molecule is CC1=CCC[C@@]2(C)[C@@H](CC[C@@]2(O)CN2CCC[C@@H]2C(O)(c2ccccc2)c2ccccc2)c2ccc(cc2C(=O)c2ccco2)C[C@@H](O)CC1. The van der Waals surface area contributed by atoms with Gasteiger partial charge in [0.25, 0.3) is 0 Å². The molecule has 2 heterocycles. The highest BCUT2D eigenvalue weighted by atomic mass is 16.3. The minimum Gasteiger partial charge on any atom is -0.461 e. The van der Waals surface area contributed by atoms with E-state index in [0.717, 1.165) is 67.3 Å². The maximum atomic E-state index is 14.1. The van der Waals surface area contributed by atoms with Gasteiger partial charge in [0.15, 0.2) is 5.76 Å². The van der Waals surface area contributed by atoms with Crippen molar-refractivity contribution in [1.82, 2.24) is 4.90 Å². The molecule has 50 heavy (non-hydrogen) atoms. The van der Waals surface area contributed by atoms with Crippen molar-refractivity contribution in [2.75, 3.05) is 13.1 Å². The third kappa shape index (κ3) is 6.32. The quantitative estimate of drug-likeness (QED) is 0.136. The average Bonchev–Trinajstić information content (AvgIpc) is 3.89. The van der Waals surface area contributed by atoms with Crippen molar-refractivity contribution in [3.63, 3.8) is 0 Å². The second-order valence-electron chi connectivity index (χ2n) is 15.4. The van der Waals surface area contributed by atoms with Gasteiger partial charge in [0, 0.05) is 23.6 Å². The average molecular weight is 674 g/mol. The summed E-state index contributed by atoms with van der Waals surface area (Å²) < 4.78 is 5.61. The zero-order chi connectivity index (χ0) is 34.9. The standard InChI is InChI=1S/C44H51NO5/c1-31-12-9-24-42(2)38(36-22-20-32(28-35(46)21-19-31)29-37(36)41(47)39-17-11-27-50-39)23-25-43(42,48)30-45-26-10-18-40(45)44(49,33-13-5-3-6-14-33)34-15-7-4-8-16-34/h3-8,11-17,20,22,27,29,35,38,40,46,48-49H,9-10,18-19,21,23-26,28,30H2,1-2H3/t35-,38-,40+,42-,43+/m0/s1. The van der Waals surface area contributed by atoms with Gasteiger partial charge in [-0.05, 0) is 118 Å². The van der Waals surface area contributed by atoms with E-state index in [4.69, 9.17) is 4.42 Å². The van der Waals surface area contributed by atoms with Crippen molar-refractivity contribution in [2.24, 2.45) is 5.41 Å². The summed E-state index contributed by atoms with van der Waals surface area (Å²) in [6, 6.07) is 29.2. The number of nitrogens with zero attached hydrogens (tertiary/aromatic N) is 1.